The lowest BCUT2D eigenvalue weighted by molar-refractivity contribution is -0.167. The first-order valence-electron chi connectivity index (χ1n) is 27.5. The van der Waals surface area contributed by atoms with E-state index in [0.717, 1.165) is 77.0 Å². The lowest BCUT2D eigenvalue weighted by Crippen LogP contribution is -2.30. The Balaban J connectivity index is 4.34. The number of hydrogen-bond donors (Lipinski definition) is 0. The molecule has 0 radical (unpaired) electrons. The van der Waals surface area contributed by atoms with Gasteiger partial charge in [0.05, 0.1) is 0 Å². The smallest absolute Gasteiger partial charge is 0.306 e. The van der Waals surface area contributed by atoms with Crippen molar-refractivity contribution in [1.29, 1.82) is 0 Å². The highest BCUT2D eigenvalue weighted by Crippen LogP contribution is 2.15. The number of carbonyl (C=O) groups excluding carboxylic acids is 3. The molecule has 0 aliphatic heterocycles. The van der Waals surface area contributed by atoms with Gasteiger partial charge in [0, 0.05) is 19.3 Å². The van der Waals surface area contributed by atoms with Gasteiger partial charge in [0.25, 0.3) is 0 Å². The number of rotatable bonds is 50. The number of unbranched alkanes of at least 4 members (excludes halogenated alkanes) is 33. The predicted molar refractivity (Wildman–Crippen MR) is 270 cm³/mol. The van der Waals surface area contributed by atoms with E-state index >= 15 is 0 Å². The number of ether oxygens (including phenoxy) is 3. The van der Waals surface area contributed by atoms with E-state index in [9.17, 15) is 14.4 Å². The molecule has 368 valence electrons. The summed E-state index contributed by atoms with van der Waals surface area (Å²) in [4.78, 5) is 38.0. The molecule has 63 heavy (non-hydrogen) atoms. The van der Waals surface area contributed by atoms with E-state index in [4.69, 9.17) is 14.2 Å². The zero-order valence-electron chi connectivity index (χ0n) is 42.1. The molecule has 0 unspecified atom stereocenters. The standard InChI is InChI=1S/C57H104O6/c1-4-7-10-13-16-19-22-25-26-27-28-29-30-33-35-38-41-44-47-50-56(59)62-53-54(63-57(60)51-48-45-42-39-36-32-24-21-18-15-12-9-6-3)52-61-55(58)49-46-43-40-37-34-31-23-20-17-14-11-8-5-2/h20-21,23-24,27-28,54H,4-19,22,25-26,29-53H2,1-3H3/b23-20-,24-21-,28-27-/t54-/m1/s1. The lowest BCUT2D eigenvalue weighted by atomic mass is 10.1. The van der Waals surface area contributed by atoms with Crippen LogP contribution in [-0.4, -0.2) is 37.2 Å². The van der Waals surface area contributed by atoms with Gasteiger partial charge in [-0.2, -0.15) is 0 Å². The summed E-state index contributed by atoms with van der Waals surface area (Å²) in [5.41, 5.74) is 0. The van der Waals surface area contributed by atoms with Crippen molar-refractivity contribution < 1.29 is 28.6 Å². The van der Waals surface area contributed by atoms with Crippen molar-refractivity contribution in [3.05, 3.63) is 36.5 Å². The summed E-state index contributed by atoms with van der Waals surface area (Å²) >= 11 is 0. The minimum absolute atomic E-state index is 0.0786. The number of hydrogen-bond acceptors (Lipinski definition) is 6. The molecule has 0 aromatic heterocycles. The first-order chi connectivity index (χ1) is 31.0. The van der Waals surface area contributed by atoms with Crippen LogP contribution < -0.4 is 0 Å². The molecule has 6 nitrogen and oxygen atoms in total. The van der Waals surface area contributed by atoms with Crippen LogP contribution in [-0.2, 0) is 28.6 Å². The Morgan fingerprint density at radius 1 is 0.302 bits per heavy atom. The van der Waals surface area contributed by atoms with Crippen LogP contribution in [0.1, 0.15) is 290 Å². The Kier molecular flexibility index (Phi) is 50.3. The van der Waals surface area contributed by atoms with Crippen LogP contribution in [0.2, 0.25) is 0 Å². The van der Waals surface area contributed by atoms with Gasteiger partial charge in [0.1, 0.15) is 13.2 Å². The summed E-state index contributed by atoms with van der Waals surface area (Å²) in [6, 6.07) is 0. The maximum atomic E-state index is 12.8. The van der Waals surface area contributed by atoms with E-state index in [0.29, 0.717) is 19.3 Å². The van der Waals surface area contributed by atoms with Crippen LogP contribution in [0.5, 0.6) is 0 Å². The van der Waals surface area contributed by atoms with E-state index in [1.54, 1.807) is 0 Å². The highest BCUT2D eigenvalue weighted by Gasteiger charge is 2.19. The Hall–Kier alpha value is -2.37. The molecule has 0 amide bonds. The Morgan fingerprint density at radius 2 is 0.524 bits per heavy atom. The highest BCUT2D eigenvalue weighted by molar-refractivity contribution is 5.71. The Morgan fingerprint density at radius 3 is 0.810 bits per heavy atom. The fourth-order valence-corrected chi connectivity index (χ4v) is 7.90. The van der Waals surface area contributed by atoms with Crippen molar-refractivity contribution in [2.24, 2.45) is 0 Å². The molecular weight excluding hydrogens is 781 g/mol. The van der Waals surface area contributed by atoms with Gasteiger partial charge in [-0.15, -0.1) is 0 Å². The van der Waals surface area contributed by atoms with Crippen LogP contribution in [0, 0.1) is 0 Å². The second kappa shape index (κ2) is 52.3. The summed E-state index contributed by atoms with van der Waals surface area (Å²) < 4.78 is 16.8. The molecule has 0 saturated carbocycles. The van der Waals surface area contributed by atoms with Crippen LogP contribution in [0.25, 0.3) is 0 Å². The molecule has 0 fully saturated rings. The molecule has 6 heteroatoms. The second-order valence-corrected chi connectivity index (χ2v) is 18.5. The maximum absolute atomic E-state index is 12.8. The van der Waals surface area contributed by atoms with Crippen molar-refractivity contribution in [3.63, 3.8) is 0 Å². The quantitative estimate of drug-likeness (QED) is 0.0262. The molecule has 0 bridgehead atoms. The third-order valence-corrected chi connectivity index (χ3v) is 12.1. The first-order valence-corrected chi connectivity index (χ1v) is 27.5. The number of carbonyl (C=O) groups is 3. The largest absolute Gasteiger partial charge is 0.462 e. The molecule has 0 spiro atoms. The van der Waals surface area contributed by atoms with Crippen LogP contribution in [0.15, 0.2) is 36.5 Å². The third-order valence-electron chi connectivity index (χ3n) is 12.1. The van der Waals surface area contributed by atoms with Crippen molar-refractivity contribution in [2.45, 2.75) is 297 Å². The lowest BCUT2D eigenvalue weighted by Gasteiger charge is -2.18. The molecule has 0 saturated heterocycles. The van der Waals surface area contributed by atoms with Gasteiger partial charge >= 0.3 is 17.9 Å². The first kappa shape index (κ1) is 60.6. The van der Waals surface area contributed by atoms with Gasteiger partial charge in [-0.3, -0.25) is 14.4 Å². The molecule has 0 rings (SSSR count). The Labute approximate surface area is 391 Å². The van der Waals surface area contributed by atoms with E-state index in [1.165, 1.54) is 173 Å². The van der Waals surface area contributed by atoms with Crippen molar-refractivity contribution in [3.8, 4) is 0 Å². The molecule has 0 heterocycles. The molecule has 1 atom stereocenters. The van der Waals surface area contributed by atoms with Gasteiger partial charge in [-0.05, 0) is 96.3 Å². The summed E-state index contributed by atoms with van der Waals surface area (Å²) in [6.07, 6.45) is 61.3. The average Bonchev–Trinajstić information content (AvgIpc) is 3.28. The van der Waals surface area contributed by atoms with Gasteiger partial charge < -0.3 is 14.2 Å². The molecular formula is C57H104O6. The Bertz CT molecular complexity index is 1060. The average molecular weight is 885 g/mol. The van der Waals surface area contributed by atoms with Crippen molar-refractivity contribution >= 4 is 17.9 Å². The van der Waals surface area contributed by atoms with Crippen LogP contribution >= 0.6 is 0 Å². The van der Waals surface area contributed by atoms with Gasteiger partial charge in [0.2, 0.25) is 0 Å². The monoisotopic (exact) mass is 885 g/mol. The van der Waals surface area contributed by atoms with Gasteiger partial charge in [-0.25, -0.2) is 0 Å². The van der Waals surface area contributed by atoms with E-state index < -0.39 is 6.10 Å². The van der Waals surface area contributed by atoms with Crippen LogP contribution in [0.3, 0.4) is 0 Å². The van der Waals surface area contributed by atoms with Gasteiger partial charge in [-0.1, -0.05) is 211 Å². The fraction of sp³-hybridized carbons (Fsp3) is 0.842. The van der Waals surface area contributed by atoms with Crippen molar-refractivity contribution in [1.82, 2.24) is 0 Å². The second-order valence-electron chi connectivity index (χ2n) is 18.5. The summed E-state index contributed by atoms with van der Waals surface area (Å²) in [5, 5.41) is 0. The highest BCUT2D eigenvalue weighted by atomic mass is 16.6. The molecule has 0 aromatic rings. The summed E-state index contributed by atoms with van der Waals surface area (Å²) in [5.74, 6) is -0.889. The van der Waals surface area contributed by atoms with Crippen LogP contribution in [0.4, 0.5) is 0 Å². The predicted octanol–water partition coefficient (Wildman–Crippen LogP) is 18.1. The maximum Gasteiger partial charge on any atom is 0.306 e. The molecule has 0 aliphatic rings. The van der Waals surface area contributed by atoms with E-state index in [-0.39, 0.29) is 31.1 Å². The molecule has 0 N–H and O–H groups in total. The summed E-state index contributed by atoms with van der Waals surface area (Å²) in [6.45, 7) is 6.61. The SMILES string of the molecule is CCCCCC/C=C\CCCCCCCC(=O)OC[C@H](COC(=O)CCCCCCCCC/C=C\CCCCCCCCCC)OC(=O)CCCCCCC/C=C\CCCCCC. The molecule has 0 aromatic carbocycles. The number of allylic oxidation sites excluding steroid dienone is 6. The zero-order valence-corrected chi connectivity index (χ0v) is 42.1. The fourth-order valence-electron chi connectivity index (χ4n) is 7.90. The van der Waals surface area contributed by atoms with Gasteiger partial charge in [0.15, 0.2) is 6.10 Å². The zero-order chi connectivity index (χ0) is 45.8. The van der Waals surface area contributed by atoms with E-state index in [2.05, 4.69) is 57.2 Å². The number of esters is 3. The minimum atomic E-state index is -0.779. The topological polar surface area (TPSA) is 78.9 Å². The molecule has 0 aliphatic carbocycles. The minimum Gasteiger partial charge on any atom is -0.462 e. The summed E-state index contributed by atoms with van der Waals surface area (Å²) in [7, 11) is 0. The van der Waals surface area contributed by atoms with Crippen molar-refractivity contribution in [2.75, 3.05) is 13.2 Å². The normalized spacial score (nSPS) is 12.2. The van der Waals surface area contributed by atoms with E-state index in [1.807, 2.05) is 0 Å². The third kappa shape index (κ3) is 50.5.